The molecule has 0 amide bonds. The average molecular weight is 197 g/mol. The van der Waals surface area contributed by atoms with E-state index in [9.17, 15) is 4.79 Å². The Morgan fingerprint density at radius 2 is 2.43 bits per heavy atom. The lowest BCUT2D eigenvalue weighted by molar-refractivity contribution is -0.139. The van der Waals surface area contributed by atoms with Crippen molar-refractivity contribution in [1.29, 1.82) is 0 Å². The van der Waals surface area contributed by atoms with Crippen LogP contribution in [0.4, 0.5) is 0 Å². The second-order valence-electron chi connectivity index (χ2n) is 3.70. The smallest absolute Gasteiger partial charge is 0.319 e. The number of hydrogen-bond donors (Lipinski definition) is 1. The van der Waals surface area contributed by atoms with Crippen molar-refractivity contribution in [3.63, 3.8) is 0 Å². The Bertz CT molecular complexity index is 223. The molecule has 0 heterocycles. The molecule has 0 bridgehead atoms. The minimum atomic E-state index is -0.201. The first-order valence-electron chi connectivity index (χ1n) is 5.23. The van der Waals surface area contributed by atoms with Gasteiger partial charge in [0.15, 0.2) is 0 Å². The van der Waals surface area contributed by atoms with Crippen LogP contribution >= 0.6 is 0 Å². The minimum absolute atomic E-state index is 0.201. The fourth-order valence-corrected chi connectivity index (χ4v) is 1.70. The zero-order valence-electron chi connectivity index (χ0n) is 9.01. The maximum absolute atomic E-state index is 10.9. The third-order valence-electron chi connectivity index (χ3n) is 2.66. The van der Waals surface area contributed by atoms with Gasteiger partial charge in [0.2, 0.25) is 0 Å². The average Bonchev–Trinajstić information content (AvgIpc) is 2.26. The van der Waals surface area contributed by atoms with Crippen LogP contribution in [0, 0.1) is 0 Å². The van der Waals surface area contributed by atoms with E-state index in [1.54, 1.807) is 0 Å². The summed E-state index contributed by atoms with van der Waals surface area (Å²) in [5.74, 6) is -0.201. The third kappa shape index (κ3) is 3.50. The van der Waals surface area contributed by atoms with Crippen LogP contribution in [-0.2, 0) is 9.53 Å². The second kappa shape index (κ2) is 5.81. The van der Waals surface area contributed by atoms with Gasteiger partial charge in [0.05, 0.1) is 13.7 Å². The number of esters is 1. The van der Waals surface area contributed by atoms with Gasteiger partial charge in [-0.1, -0.05) is 11.6 Å². The van der Waals surface area contributed by atoms with Crippen LogP contribution in [0.3, 0.4) is 0 Å². The highest BCUT2D eigenvalue weighted by atomic mass is 16.5. The summed E-state index contributed by atoms with van der Waals surface area (Å²) in [6, 6.07) is 0.300. The Morgan fingerprint density at radius 3 is 3.00 bits per heavy atom. The predicted molar refractivity (Wildman–Crippen MR) is 56.0 cm³/mol. The van der Waals surface area contributed by atoms with Crippen LogP contribution in [0.1, 0.15) is 32.6 Å². The molecule has 1 atom stereocenters. The summed E-state index contributed by atoms with van der Waals surface area (Å²) in [4.78, 5) is 10.9. The molecule has 0 aromatic carbocycles. The predicted octanol–water partition coefficient (Wildman–Crippen LogP) is 1.64. The number of nitrogens with one attached hydrogen (secondary N) is 1. The summed E-state index contributed by atoms with van der Waals surface area (Å²) in [7, 11) is 1.41. The molecule has 1 unspecified atom stereocenters. The summed E-state index contributed by atoms with van der Waals surface area (Å²) in [5.41, 5.74) is 1.43. The van der Waals surface area contributed by atoms with Crippen molar-refractivity contribution in [2.75, 3.05) is 13.7 Å². The van der Waals surface area contributed by atoms with Gasteiger partial charge in [0, 0.05) is 6.04 Å². The molecule has 0 radical (unpaired) electrons. The van der Waals surface area contributed by atoms with E-state index in [2.05, 4.69) is 23.1 Å². The fraction of sp³-hybridized carbons (Fsp3) is 0.727. The highest BCUT2D eigenvalue weighted by Crippen LogP contribution is 2.19. The summed E-state index contributed by atoms with van der Waals surface area (Å²) in [6.45, 7) is 2.40. The van der Waals surface area contributed by atoms with Crippen LogP contribution in [-0.4, -0.2) is 25.7 Å². The number of ether oxygens (including phenoxy) is 1. The van der Waals surface area contributed by atoms with E-state index in [-0.39, 0.29) is 5.97 Å². The van der Waals surface area contributed by atoms with Crippen molar-refractivity contribution >= 4 is 5.97 Å². The van der Waals surface area contributed by atoms with Crippen LogP contribution in [0.15, 0.2) is 11.6 Å². The quantitative estimate of drug-likeness (QED) is 0.550. The normalized spacial score (nSPS) is 18.6. The Kier molecular flexibility index (Phi) is 4.66. The van der Waals surface area contributed by atoms with E-state index in [0.29, 0.717) is 12.6 Å². The molecule has 1 aliphatic rings. The van der Waals surface area contributed by atoms with E-state index < -0.39 is 0 Å². The Balaban J connectivity index is 2.30. The van der Waals surface area contributed by atoms with Gasteiger partial charge in [-0.3, -0.25) is 4.79 Å². The van der Waals surface area contributed by atoms with Crippen LogP contribution in [0.2, 0.25) is 0 Å². The number of allylic oxidation sites excluding steroid dienone is 1. The number of rotatable bonds is 4. The van der Waals surface area contributed by atoms with E-state index in [1.807, 2.05) is 0 Å². The standard InChI is InChI=1S/C11H19NO2/c1-9(12-8-11(13)14-2)10-6-4-3-5-7-10/h6,9,12H,3-5,7-8H2,1-2H3. The number of carbonyl (C=O) groups is 1. The fourth-order valence-electron chi connectivity index (χ4n) is 1.70. The Labute approximate surface area is 85.5 Å². The number of carbonyl (C=O) groups excluding carboxylic acids is 1. The Hall–Kier alpha value is -0.830. The molecule has 0 spiro atoms. The van der Waals surface area contributed by atoms with Gasteiger partial charge < -0.3 is 10.1 Å². The summed E-state index contributed by atoms with van der Waals surface area (Å²) in [5, 5.41) is 3.16. The van der Waals surface area contributed by atoms with E-state index in [1.165, 1.54) is 31.9 Å². The lowest BCUT2D eigenvalue weighted by Gasteiger charge is -2.20. The van der Waals surface area contributed by atoms with Crippen molar-refractivity contribution in [2.45, 2.75) is 38.6 Å². The molecular weight excluding hydrogens is 178 g/mol. The highest BCUT2D eigenvalue weighted by Gasteiger charge is 2.12. The molecule has 0 saturated heterocycles. The first-order valence-corrected chi connectivity index (χ1v) is 5.23. The number of methoxy groups -OCH3 is 1. The molecule has 1 rings (SSSR count). The van der Waals surface area contributed by atoms with E-state index >= 15 is 0 Å². The largest absolute Gasteiger partial charge is 0.468 e. The molecule has 14 heavy (non-hydrogen) atoms. The van der Waals surface area contributed by atoms with Gasteiger partial charge in [-0.05, 0) is 32.6 Å². The maximum Gasteiger partial charge on any atom is 0.319 e. The molecule has 80 valence electrons. The molecule has 0 saturated carbocycles. The van der Waals surface area contributed by atoms with Crippen molar-refractivity contribution in [3.05, 3.63) is 11.6 Å². The zero-order chi connectivity index (χ0) is 10.4. The summed E-state index contributed by atoms with van der Waals surface area (Å²) in [6.07, 6.45) is 7.21. The molecule has 3 nitrogen and oxygen atoms in total. The topological polar surface area (TPSA) is 38.3 Å². The van der Waals surface area contributed by atoms with E-state index in [0.717, 1.165) is 6.42 Å². The SMILES string of the molecule is COC(=O)CNC(C)C1=CCCCC1. The molecule has 0 fully saturated rings. The van der Waals surface area contributed by atoms with Crippen LogP contribution < -0.4 is 5.32 Å². The van der Waals surface area contributed by atoms with E-state index in [4.69, 9.17) is 0 Å². The zero-order valence-corrected chi connectivity index (χ0v) is 9.01. The lowest BCUT2D eigenvalue weighted by Crippen LogP contribution is -2.33. The Morgan fingerprint density at radius 1 is 1.64 bits per heavy atom. The molecule has 0 aliphatic heterocycles. The van der Waals surface area contributed by atoms with Crippen molar-refractivity contribution in [1.82, 2.24) is 5.32 Å². The second-order valence-corrected chi connectivity index (χ2v) is 3.70. The molecule has 3 heteroatoms. The maximum atomic E-state index is 10.9. The molecular formula is C11H19NO2. The van der Waals surface area contributed by atoms with Crippen molar-refractivity contribution < 1.29 is 9.53 Å². The summed E-state index contributed by atoms with van der Waals surface area (Å²) >= 11 is 0. The van der Waals surface area contributed by atoms with Gasteiger partial charge >= 0.3 is 5.97 Å². The first-order chi connectivity index (χ1) is 6.74. The van der Waals surface area contributed by atoms with Crippen LogP contribution in [0.25, 0.3) is 0 Å². The molecule has 0 aromatic heterocycles. The van der Waals surface area contributed by atoms with Crippen LogP contribution in [0.5, 0.6) is 0 Å². The van der Waals surface area contributed by atoms with Gasteiger partial charge in [-0.25, -0.2) is 0 Å². The highest BCUT2D eigenvalue weighted by molar-refractivity contribution is 5.71. The molecule has 1 N–H and O–H groups in total. The van der Waals surface area contributed by atoms with Gasteiger partial charge in [0.1, 0.15) is 0 Å². The molecule has 1 aliphatic carbocycles. The summed E-state index contributed by atoms with van der Waals surface area (Å²) < 4.78 is 4.57. The molecule has 0 aromatic rings. The third-order valence-corrected chi connectivity index (χ3v) is 2.66. The van der Waals surface area contributed by atoms with Gasteiger partial charge in [-0.15, -0.1) is 0 Å². The van der Waals surface area contributed by atoms with Gasteiger partial charge in [0.25, 0.3) is 0 Å². The number of hydrogen-bond acceptors (Lipinski definition) is 3. The first kappa shape index (κ1) is 11.2. The lowest BCUT2D eigenvalue weighted by atomic mass is 9.95. The van der Waals surface area contributed by atoms with Crippen molar-refractivity contribution in [3.8, 4) is 0 Å². The van der Waals surface area contributed by atoms with Gasteiger partial charge in [-0.2, -0.15) is 0 Å². The minimum Gasteiger partial charge on any atom is -0.468 e. The van der Waals surface area contributed by atoms with Crippen molar-refractivity contribution in [2.24, 2.45) is 0 Å². The monoisotopic (exact) mass is 197 g/mol.